The highest BCUT2D eigenvalue weighted by molar-refractivity contribution is 7.09. The Labute approximate surface area is 134 Å². The Balaban J connectivity index is 1.61. The van der Waals surface area contributed by atoms with Crippen LogP contribution in [0, 0.1) is 0 Å². The van der Waals surface area contributed by atoms with Crippen LogP contribution in [0.5, 0.6) is 5.75 Å². The fourth-order valence-electron chi connectivity index (χ4n) is 2.27. The molecule has 0 aliphatic carbocycles. The summed E-state index contributed by atoms with van der Waals surface area (Å²) in [5.74, 6) is 2.73. The van der Waals surface area contributed by atoms with Crippen molar-refractivity contribution in [2.45, 2.75) is 19.8 Å². The lowest BCUT2D eigenvalue weighted by atomic mass is 10.2. The van der Waals surface area contributed by atoms with E-state index in [4.69, 9.17) is 4.74 Å². The molecule has 0 saturated carbocycles. The molecule has 1 saturated heterocycles. The lowest BCUT2D eigenvalue weighted by Crippen LogP contribution is -2.47. The zero-order valence-corrected chi connectivity index (χ0v) is 13.9. The summed E-state index contributed by atoms with van der Waals surface area (Å²) in [5.41, 5.74) is 0. The molecule has 1 aliphatic heterocycles. The second-order valence-corrected chi connectivity index (χ2v) is 6.22. The Morgan fingerprint density at radius 2 is 1.73 bits per heavy atom. The molecule has 8 heteroatoms. The van der Waals surface area contributed by atoms with Gasteiger partial charge in [-0.15, -0.1) is 0 Å². The smallest absolute Gasteiger partial charge is 0.225 e. The van der Waals surface area contributed by atoms with Crippen LogP contribution in [0.4, 0.5) is 11.1 Å². The fraction of sp³-hybridized carbons (Fsp3) is 0.571. The lowest BCUT2D eigenvalue weighted by molar-refractivity contribution is 0.410. The van der Waals surface area contributed by atoms with Crippen molar-refractivity contribution in [2.24, 2.45) is 0 Å². The van der Waals surface area contributed by atoms with Gasteiger partial charge < -0.3 is 14.5 Å². The maximum atomic E-state index is 5.09. The fourth-order valence-corrected chi connectivity index (χ4v) is 3.12. The molecule has 3 rings (SSSR count). The molecular weight excluding hydrogens is 300 g/mol. The monoisotopic (exact) mass is 320 g/mol. The topological polar surface area (TPSA) is 67.3 Å². The van der Waals surface area contributed by atoms with Crippen LogP contribution in [-0.4, -0.2) is 52.6 Å². The number of hydrogen-bond donors (Lipinski definition) is 0. The summed E-state index contributed by atoms with van der Waals surface area (Å²) in [6.45, 7) is 7.80. The molecule has 0 aromatic carbocycles. The summed E-state index contributed by atoms with van der Waals surface area (Å²) >= 11 is 1.48. The quantitative estimate of drug-likeness (QED) is 0.850. The third kappa shape index (κ3) is 3.11. The maximum Gasteiger partial charge on any atom is 0.225 e. The number of nitrogens with zero attached hydrogens (tertiary/aromatic N) is 6. The molecule has 0 N–H and O–H groups in total. The van der Waals surface area contributed by atoms with E-state index in [0.29, 0.717) is 11.7 Å². The molecule has 0 unspecified atom stereocenters. The first-order valence-corrected chi connectivity index (χ1v) is 8.14. The van der Waals surface area contributed by atoms with Gasteiger partial charge in [0.1, 0.15) is 5.82 Å². The molecule has 0 spiro atoms. The van der Waals surface area contributed by atoms with Crippen molar-refractivity contribution >= 4 is 22.6 Å². The second-order valence-electron chi connectivity index (χ2n) is 5.49. The highest BCUT2D eigenvalue weighted by Crippen LogP contribution is 2.23. The molecule has 0 atom stereocenters. The zero-order valence-electron chi connectivity index (χ0n) is 13.1. The van der Waals surface area contributed by atoms with E-state index in [1.165, 1.54) is 11.5 Å². The third-order valence-corrected chi connectivity index (χ3v) is 4.42. The summed E-state index contributed by atoms with van der Waals surface area (Å²) < 4.78 is 9.51. The van der Waals surface area contributed by atoms with E-state index in [2.05, 4.69) is 43.0 Å². The molecule has 3 heterocycles. The van der Waals surface area contributed by atoms with E-state index in [1.54, 1.807) is 19.5 Å². The molecule has 1 fully saturated rings. The van der Waals surface area contributed by atoms with E-state index < -0.39 is 0 Å². The number of anilines is 2. The maximum absolute atomic E-state index is 5.09. The van der Waals surface area contributed by atoms with Gasteiger partial charge in [-0.1, -0.05) is 13.8 Å². The van der Waals surface area contributed by atoms with Crippen molar-refractivity contribution in [1.29, 1.82) is 0 Å². The molecule has 0 amide bonds. The zero-order chi connectivity index (χ0) is 15.5. The van der Waals surface area contributed by atoms with Crippen molar-refractivity contribution in [2.75, 3.05) is 43.1 Å². The number of rotatable bonds is 4. The number of aromatic nitrogens is 4. The SMILES string of the molecule is COc1cnc(N2CCN(c3nc(C(C)C)ns3)CC2)nc1. The van der Waals surface area contributed by atoms with E-state index in [-0.39, 0.29) is 0 Å². The second kappa shape index (κ2) is 6.43. The van der Waals surface area contributed by atoms with Crippen molar-refractivity contribution in [3.05, 3.63) is 18.2 Å². The van der Waals surface area contributed by atoms with Crippen molar-refractivity contribution in [3.8, 4) is 5.75 Å². The largest absolute Gasteiger partial charge is 0.494 e. The van der Waals surface area contributed by atoms with E-state index in [9.17, 15) is 0 Å². The minimum Gasteiger partial charge on any atom is -0.494 e. The van der Waals surface area contributed by atoms with Crippen LogP contribution in [-0.2, 0) is 0 Å². The predicted molar refractivity (Wildman–Crippen MR) is 87.0 cm³/mol. The van der Waals surface area contributed by atoms with Gasteiger partial charge in [-0.2, -0.15) is 4.37 Å². The minimum atomic E-state index is 0.374. The van der Waals surface area contributed by atoms with Crippen LogP contribution >= 0.6 is 11.5 Å². The van der Waals surface area contributed by atoms with Crippen LogP contribution in [0.15, 0.2) is 12.4 Å². The third-order valence-electron chi connectivity index (χ3n) is 3.63. The van der Waals surface area contributed by atoms with Gasteiger partial charge in [-0.25, -0.2) is 15.0 Å². The van der Waals surface area contributed by atoms with Crippen LogP contribution in [0.25, 0.3) is 0 Å². The van der Waals surface area contributed by atoms with Crippen LogP contribution in [0.1, 0.15) is 25.6 Å². The van der Waals surface area contributed by atoms with E-state index >= 15 is 0 Å². The molecule has 2 aromatic rings. The first-order valence-electron chi connectivity index (χ1n) is 7.37. The van der Waals surface area contributed by atoms with Crippen molar-refractivity contribution < 1.29 is 4.74 Å². The van der Waals surface area contributed by atoms with Crippen molar-refractivity contribution in [1.82, 2.24) is 19.3 Å². The molecule has 0 radical (unpaired) electrons. The summed E-state index contributed by atoms with van der Waals surface area (Å²) in [7, 11) is 1.62. The number of hydrogen-bond acceptors (Lipinski definition) is 8. The van der Waals surface area contributed by atoms with E-state index in [1.807, 2.05) is 0 Å². The van der Waals surface area contributed by atoms with Gasteiger partial charge in [0.2, 0.25) is 11.1 Å². The Hall–Kier alpha value is -1.96. The average molecular weight is 320 g/mol. The molecule has 0 bridgehead atoms. The molecule has 1 aliphatic rings. The molecule has 7 nitrogen and oxygen atoms in total. The number of piperazine rings is 1. The number of methoxy groups -OCH3 is 1. The van der Waals surface area contributed by atoms with Gasteiger partial charge in [-0.3, -0.25) is 0 Å². The predicted octanol–water partition coefficient (Wildman–Crippen LogP) is 1.79. The standard InChI is InChI=1S/C14H20N6OS/c1-10(2)12-17-14(22-18-12)20-6-4-19(5-7-20)13-15-8-11(21-3)9-16-13/h8-10H,4-7H2,1-3H3. The minimum absolute atomic E-state index is 0.374. The van der Waals surface area contributed by atoms with Gasteiger partial charge in [0, 0.05) is 43.6 Å². The van der Waals surface area contributed by atoms with Crippen LogP contribution in [0.2, 0.25) is 0 Å². The van der Waals surface area contributed by atoms with Gasteiger partial charge in [0.15, 0.2) is 5.75 Å². The Bertz CT molecular complexity index is 606. The van der Waals surface area contributed by atoms with Gasteiger partial charge >= 0.3 is 0 Å². The van der Waals surface area contributed by atoms with Gasteiger partial charge in [-0.05, 0) is 0 Å². The lowest BCUT2D eigenvalue weighted by Gasteiger charge is -2.34. The van der Waals surface area contributed by atoms with Crippen LogP contribution < -0.4 is 14.5 Å². The Morgan fingerprint density at radius 1 is 1.09 bits per heavy atom. The van der Waals surface area contributed by atoms with Crippen molar-refractivity contribution in [3.63, 3.8) is 0 Å². The van der Waals surface area contributed by atoms with Crippen LogP contribution in [0.3, 0.4) is 0 Å². The molecule has 2 aromatic heterocycles. The Kier molecular flexibility index (Phi) is 4.37. The normalized spacial score (nSPS) is 15.5. The molecule has 118 valence electrons. The summed E-state index contributed by atoms with van der Waals surface area (Å²) in [6.07, 6.45) is 3.41. The first-order chi connectivity index (χ1) is 10.7. The van der Waals surface area contributed by atoms with Gasteiger partial charge in [0.05, 0.1) is 19.5 Å². The highest BCUT2D eigenvalue weighted by atomic mass is 32.1. The summed E-state index contributed by atoms with van der Waals surface area (Å²) in [6, 6.07) is 0. The molecule has 22 heavy (non-hydrogen) atoms. The highest BCUT2D eigenvalue weighted by Gasteiger charge is 2.22. The summed E-state index contributed by atoms with van der Waals surface area (Å²) in [4.78, 5) is 17.8. The summed E-state index contributed by atoms with van der Waals surface area (Å²) in [5, 5.41) is 1.01. The molecular formula is C14H20N6OS. The van der Waals surface area contributed by atoms with Gasteiger partial charge in [0.25, 0.3) is 0 Å². The Morgan fingerprint density at radius 3 is 2.27 bits per heavy atom. The van der Waals surface area contributed by atoms with E-state index in [0.717, 1.165) is 43.1 Å². The number of ether oxygens (including phenoxy) is 1. The average Bonchev–Trinajstić information content (AvgIpc) is 3.05. The first kappa shape index (κ1) is 15.0.